The minimum Gasteiger partial charge on any atom is -0.497 e. The van der Waals surface area contributed by atoms with E-state index in [9.17, 15) is 0 Å². The van der Waals surface area contributed by atoms with Crippen molar-refractivity contribution in [2.45, 2.75) is 25.9 Å². The van der Waals surface area contributed by atoms with E-state index in [4.69, 9.17) is 9.47 Å². The zero-order valence-electron chi connectivity index (χ0n) is 20.0. The van der Waals surface area contributed by atoms with Gasteiger partial charge in [-0.3, -0.25) is 0 Å². The van der Waals surface area contributed by atoms with E-state index >= 15 is 0 Å². The fraction of sp³-hybridized carbons (Fsp3) is 0.226. The van der Waals surface area contributed by atoms with Crippen LogP contribution >= 0.6 is 7.26 Å². The van der Waals surface area contributed by atoms with Gasteiger partial charge in [0.05, 0.1) is 19.9 Å². The molecule has 3 heteroatoms. The number of rotatable bonds is 12. The maximum atomic E-state index is 5.95. The highest BCUT2D eigenvalue weighted by molar-refractivity contribution is 7.95. The third kappa shape index (κ3) is 5.95. The van der Waals surface area contributed by atoms with Crippen molar-refractivity contribution in [1.29, 1.82) is 0 Å². The first-order chi connectivity index (χ1) is 16.8. The molecule has 0 atom stereocenters. The molecule has 0 aliphatic carbocycles. The number of hydrogen-bond donors (Lipinski definition) is 0. The molecule has 0 aliphatic rings. The lowest BCUT2D eigenvalue weighted by molar-refractivity contribution is 0.117. The Hall–Kier alpha value is -2.93. The number of benzene rings is 4. The second-order valence-corrected chi connectivity index (χ2v) is 12.1. The van der Waals surface area contributed by atoms with Crippen LogP contribution in [-0.4, -0.2) is 19.9 Å². The van der Waals surface area contributed by atoms with E-state index in [1.807, 2.05) is 12.1 Å². The molecular formula is C31H34O2P+. The highest BCUT2D eigenvalue weighted by Crippen LogP contribution is 2.55. The van der Waals surface area contributed by atoms with Gasteiger partial charge in [-0.15, -0.1) is 0 Å². The van der Waals surface area contributed by atoms with Crippen LogP contribution in [0.5, 0.6) is 5.75 Å². The molecule has 34 heavy (non-hydrogen) atoms. The van der Waals surface area contributed by atoms with E-state index < -0.39 is 7.26 Å². The fourth-order valence-electron chi connectivity index (χ4n) is 4.52. The van der Waals surface area contributed by atoms with Crippen molar-refractivity contribution < 1.29 is 9.47 Å². The number of unbranched alkanes of at least 4 members (excludes halogenated alkanes) is 2. The second-order valence-electron chi connectivity index (χ2n) is 8.50. The molecule has 0 unspecified atom stereocenters. The first-order valence-electron chi connectivity index (χ1n) is 12.1. The van der Waals surface area contributed by atoms with Crippen LogP contribution in [0, 0.1) is 0 Å². The predicted octanol–water partition coefficient (Wildman–Crippen LogP) is 6.38. The van der Waals surface area contributed by atoms with Gasteiger partial charge in [0.2, 0.25) is 0 Å². The van der Waals surface area contributed by atoms with Crippen molar-refractivity contribution in [3.8, 4) is 5.75 Å². The molecule has 2 nitrogen and oxygen atoms in total. The van der Waals surface area contributed by atoms with Gasteiger partial charge in [-0.1, -0.05) is 66.7 Å². The summed E-state index contributed by atoms with van der Waals surface area (Å²) in [4.78, 5) is 0. The molecule has 0 spiro atoms. The van der Waals surface area contributed by atoms with Crippen molar-refractivity contribution >= 4 is 23.2 Å². The van der Waals surface area contributed by atoms with Gasteiger partial charge in [0.1, 0.15) is 28.9 Å². The van der Waals surface area contributed by atoms with Crippen LogP contribution in [0.4, 0.5) is 0 Å². The summed E-state index contributed by atoms with van der Waals surface area (Å²) in [5.74, 6) is 0.880. The lowest BCUT2D eigenvalue weighted by Gasteiger charge is -2.27. The van der Waals surface area contributed by atoms with Gasteiger partial charge in [-0.2, -0.15) is 0 Å². The van der Waals surface area contributed by atoms with E-state index in [1.165, 1.54) is 34.1 Å². The summed E-state index contributed by atoms with van der Waals surface area (Å²) in [5.41, 5.74) is 1.18. The van der Waals surface area contributed by atoms with Crippen molar-refractivity contribution in [1.82, 2.24) is 0 Å². The first-order valence-corrected chi connectivity index (χ1v) is 14.1. The average molecular weight is 470 g/mol. The smallest absolute Gasteiger partial charge is 0.118 e. The Bertz CT molecular complexity index is 1000. The lowest BCUT2D eigenvalue weighted by atomic mass is 10.2. The second kappa shape index (κ2) is 12.5. The van der Waals surface area contributed by atoms with Crippen LogP contribution in [-0.2, 0) is 11.3 Å². The van der Waals surface area contributed by atoms with Crippen LogP contribution in [0.1, 0.15) is 24.8 Å². The Labute approximate surface area is 204 Å². The van der Waals surface area contributed by atoms with Crippen molar-refractivity contribution in [2.24, 2.45) is 0 Å². The maximum absolute atomic E-state index is 5.95. The van der Waals surface area contributed by atoms with Crippen LogP contribution in [0.2, 0.25) is 0 Å². The van der Waals surface area contributed by atoms with Gasteiger partial charge in [-0.25, -0.2) is 0 Å². The van der Waals surface area contributed by atoms with Gasteiger partial charge in [-0.05, 0) is 73.4 Å². The topological polar surface area (TPSA) is 18.5 Å². The van der Waals surface area contributed by atoms with Gasteiger partial charge < -0.3 is 9.47 Å². The lowest BCUT2D eigenvalue weighted by Crippen LogP contribution is -2.33. The molecule has 0 aromatic heterocycles. The van der Waals surface area contributed by atoms with Crippen molar-refractivity contribution in [3.05, 3.63) is 121 Å². The van der Waals surface area contributed by atoms with Crippen LogP contribution < -0.4 is 20.7 Å². The first kappa shape index (κ1) is 24.2. The highest BCUT2D eigenvalue weighted by Gasteiger charge is 2.44. The number of hydrogen-bond acceptors (Lipinski definition) is 2. The monoisotopic (exact) mass is 469 g/mol. The average Bonchev–Trinajstić information content (AvgIpc) is 2.92. The molecule has 0 radical (unpaired) electrons. The summed E-state index contributed by atoms with van der Waals surface area (Å²) >= 11 is 0. The molecule has 0 aliphatic heterocycles. The largest absolute Gasteiger partial charge is 0.497 e. The SMILES string of the molecule is COc1ccc(COCCCCC[P+](c2ccccc2)(c2ccccc2)c2ccccc2)cc1. The minimum atomic E-state index is -1.72. The van der Waals surface area contributed by atoms with Crippen LogP contribution in [0.3, 0.4) is 0 Å². The van der Waals surface area contributed by atoms with E-state index in [2.05, 4.69) is 103 Å². The van der Waals surface area contributed by atoms with Crippen molar-refractivity contribution in [2.75, 3.05) is 19.9 Å². The van der Waals surface area contributed by atoms with Gasteiger partial charge in [0.15, 0.2) is 0 Å². The van der Waals surface area contributed by atoms with E-state index in [0.717, 1.165) is 25.2 Å². The quantitative estimate of drug-likeness (QED) is 0.177. The highest BCUT2D eigenvalue weighted by atomic mass is 31.2. The molecule has 0 N–H and O–H groups in total. The number of ether oxygens (including phenoxy) is 2. The van der Waals surface area contributed by atoms with Gasteiger partial charge >= 0.3 is 0 Å². The van der Waals surface area contributed by atoms with E-state index in [0.29, 0.717) is 6.61 Å². The summed E-state index contributed by atoms with van der Waals surface area (Å²) in [6.45, 7) is 1.44. The van der Waals surface area contributed by atoms with E-state index in [-0.39, 0.29) is 0 Å². The molecule has 0 heterocycles. The zero-order chi connectivity index (χ0) is 23.5. The third-order valence-electron chi connectivity index (χ3n) is 6.30. The Balaban J connectivity index is 1.42. The minimum absolute atomic E-state index is 0.652. The zero-order valence-corrected chi connectivity index (χ0v) is 20.9. The molecule has 4 rings (SSSR count). The molecule has 0 saturated carbocycles. The summed E-state index contributed by atoms with van der Waals surface area (Å²) in [6.07, 6.45) is 4.59. The molecule has 0 fully saturated rings. The summed E-state index contributed by atoms with van der Waals surface area (Å²) < 4.78 is 11.2. The van der Waals surface area contributed by atoms with Crippen LogP contribution in [0.25, 0.3) is 0 Å². The Morgan fingerprint density at radius 3 is 1.53 bits per heavy atom. The summed E-state index contributed by atoms with van der Waals surface area (Å²) in [5, 5.41) is 4.38. The molecule has 0 saturated heterocycles. The molecule has 174 valence electrons. The summed E-state index contributed by atoms with van der Waals surface area (Å²) in [6, 6.07) is 41.5. The fourth-order valence-corrected chi connectivity index (χ4v) is 8.93. The molecular weight excluding hydrogens is 435 g/mol. The summed E-state index contributed by atoms with van der Waals surface area (Å²) in [7, 11) is -0.0268. The number of methoxy groups -OCH3 is 1. The van der Waals surface area contributed by atoms with Gasteiger partial charge in [0.25, 0.3) is 0 Å². The maximum Gasteiger partial charge on any atom is 0.118 e. The van der Waals surface area contributed by atoms with Crippen molar-refractivity contribution in [3.63, 3.8) is 0 Å². The molecule has 0 amide bonds. The van der Waals surface area contributed by atoms with Crippen LogP contribution in [0.15, 0.2) is 115 Å². The Morgan fingerprint density at radius 2 is 1.06 bits per heavy atom. The standard InChI is InChI=1S/C31H34O2P/c1-32-28-22-20-27(21-23-28)26-33-24-12-5-13-25-34(29-14-6-2-7-15-29,30-16-8-3-9-17-30)31-18-10-4-11-19-31/h2-4,6-11,14-23H,5,12-13,24-26H2,1H3/q+1. The van der Waals surface area contributed by atoms with Gasteiger partial charge in [0, 0.05) is 6.61 Å². The Morgan fingerprint density at radius 1 is 0.559 bits per heavy atom. The normalized spacial score (nSPS) is 11.3. The molecule has 4 aromatic carbocycles. The van der Waals surface area contributed by atoms with E-state index in [1.54, 1.807) is 7.11 Å². The third-order valence-corrected chi connectivity index (χ3v) is 10.8. The Kier molecular flexibility index (Phi) is 8.90. The molecule has 0 bridgehead atoms. The predicted molar refractivity (Wildman–Crippen MR) is 147 cm³/mol. The molecule has 4 aromatic rings.